The third kappa shape index (κ3) is 1.64. The molecule has 60 valence electrons. The average Bonchev–Trinajstić information content (AvgIpc) is 2.17. The largest absolute Gasteiger partial charge is 0.249 e. The average molecular weight is 163 g/mol. The molecule has 0 aliphatic heterocycles. The second kappa shape index (κ2) is 3.58. The summed E-state index contributed by atoms with van der Waals surface area (Å²) in [7, 11) is 0. The lowest BCUT2D eigenvalue weighted by atomic mass is 10.3. The Kier molecular flexibility index (Phi) is 2.49. The van der Waals surface area contributed by atoms with Gasteiger partial charge in [-0.05, 0) is 13.0 Å². The molecule has 0 amide bonds. The van der Waals surface area contributed by atoms with E-state index in [0.717, 1.165) is 0 Å². The van der Waals surface area contributed by atoms with Gasteiger partial charge in [0.2, 0.25) is 0 Å². The molecule has 0 unspecified atom stereocenters. The summed E-state index contributed by atoms with van der Waals surface area (Å²) in [6, 6.07) is 1.80. The molecule has 12 heavy (non-hydrogen) atoms. The summed E-state index contributed by atoms with van der Waals surface area (Å²) in [5.41, 5.74) is 0.333. The molecule has 4 heteroatoms. The summed E-state index contributed by atoms with van der Waals surface area (Å²) in [4.78, 5) is 7.35. The van der Waals surface area contributed by atoms with Crippen molar-refractivity contribution in [2.45, 2.75) is 6.92 Å². The van der Waals surface area contributed by atoms with Gasteiger partial charge in [0.25, 0.3) is 0 Å². The van der Waals surface area contributed by atoms with Gasteiger partial charge in [-0.2, -0.15) is 5.26 Å². The van der Waals surface area contributed by atoms with E-state index in [2.05, 4.69) is 9.97 Å². The predicted octanol–water partition coefficient (Wildman–Crippen LogP) is 1.68. The highest BCUT2D eigenvalue weighted by Crippen LogP contribution is 2.10. The van der Waals surface area contributed by atoms with Crippen molar-refractivity contribution >= 4 is 5.83 Å². The van der Waals surface area contributed by atoms with Crippen LogP contribution in [0.25, 0.3) is 5.83 Å². The molecule has 0 bridgehead atoms. The topological polar surface area (TPSA) is 49.6 Å². The summed E-state index contributed by atoms with van der Waals surface area (Å²) in [5, 5.41) is 8.36. The van der Waals surface area contributed by atoms with Crippen molar-refractivity contribution in [1.29, 1.82) is 5.26 Å². The van der Waals surface area contributed by atoms with E-state index in [1.165, 1.54) is 18.5 Å². The highest BCUT2D eigenvalue weighted by molar-refractivity contribution is 5.53. The van der Waals surface area contributed by atoms with Crippen molar-refractivity contribution in [3.63, 3.8) is 0 Å². The normalized spacial score (nSPS) is 10.9. The summed E-state index contributed by atoms with van der Waals surface area (Å²) < 4.78 is 12.8. The van der Waals surface area contributed by atoms with Gasteiger partial charge in [-0.1, -0.05) is 0 Å². The minimum absolute atomic E-state index is 0.150. The number of halogens is 1. The lowest BCUT2D eigenvalue weighted by Crippen LogP contribution is -1.89. The molecule has 0 saturated heterocycles. The van der Waals surface area contributed by atoms with Crippen LogP contribution in [0.15, 0.2) is 18.5 Å². The van der Waals surface area contributed by atoms with Crippen molar-refractivity contribution in [2.75, 3.05) is 0 Å². The van der Waals surface area contributed by atoms with Gasteiger partial charge in [0, 0.05) is 0 Å². The van der Waals surface area contributed by atoms with Crippen LogP contribution < -0.4 is 0 Å². The zero-order valence-corrected chi connectivity index (χ0v) is 6.45. The summed E-state index contributed by atoms with van der Waals surface area (Å²) >= 11 is 0. The third-order valence-electron chi connectivity index (χ3n) is 1.26. The molecule has 1 heterocycles. The first kappa shape index (κ1) is 8.34. The number of allylic oxidation sites excluding steroid dienone is 1. The lowest BCUT2D eigenvalue weighted by molar-refractivity contribution is 0.748. The van der Waals surface area contributed by atoms with E-state index in [1.54, 1.807) is 13.0 Å². The Morgan fingerprint density at radius 2 is 2.33 bits per heavy atom. The number of nitrogens with zero attached hydrogens (tertiary/aromatic N) is 3. The maximum absolute atomic E-state index is 12.8. The second-order valence-corrected chi connectivity index (χ2v) is 2.04. The van der Waals surface area contributed by atoms with E-state index < -0.39 is 5.83 Å². The zero-order valence-electron chi connectivity index (χ0n) is 6.45. The third-order valence-corrected chi connectivity index (χ3v) is 1.26. The van der Waals surface area contributed by atoms with Gasteiger partial charge in [0.15, 0.2) is 5.69 Å². The minimum Gasteiger partial charge on any atom is -0.249 e. The molecule has 1 aromatic heterocycles. The molecule has 3 nitrogen and oxygen atoms in total. The zero-order chi connectivity index (χ0) is 8.97. The molecule has 0 spiro atoms. The Balaban J connectivity index is 3.02. The van der Waals surface area contributed by atoms with Crippen LogP contribution in [0.2, 0.25) is 0 Å². The van der Waals surface area contributed by atoms with Crippen LogP contribution in [0.5, 0.6) is 0 Å². The monoisotopic (exact) mass is 163 g/mol. The molecular formula is C8H6FN3. The van der Waals surface area contributed by atoms with Crippen LogP contribution in [0, 0.1) is 11.3 Å². The predicted molar refractivity (Wildman–Crippen MR) is 41.5 cm³/mol. The van der Waals surface area contributed by atoms with Gasteiger partial charge in [-0.15, -0.1) is 0 Å². The molecule has 1 aromatic rings. The SMILES string of the molecule is C/C=C(\F)c1cnc(C#N)cn1. The van der Waals surface area contributed by atoms with E-state index in [0.29, 0.717) is 0 Å². The van der Waals surface area contributed by atoms with Gasteiger partial charge < -0.3 is 0 Å². The molecule has 0 aliphatic carbocycles. The first-order chi connectivity index (χ1) is 5.77. The van der Waals surface area contributed by atoms with E-state index in [9.17, 15) is 4.39 Å². The van der Waals surface area contributed by atoms with Gasteiger partial charge in [0.1, 0.15) is 17.6 Å². The fraction of sp³-hybridized carbons (Fsp3) is 0.125. The lowest BCUT2D eigenvalue weighted by Gasteiger charge is -1.93. The Labute approximate surface area is 69.2 Å². The number of rotatable bonds is 1. The van der Waals surface area contributed by atoms with E-state index in [1.807, 2.05) is 0 Å². The summed E-state index contributed by atoms with van der Waals surface area (Å²) in [6.45, 7) is 1.56. The molecule has 1 rings (SSSR count). The van der Waals surface area contributed by atoms with Crippen molar-refractivity contribution in [3.05, 3.63) is 29.9 Å². The second-order valence-electron chi connectivity index (χ2n) is 2.04. The highest BCUT2D eigenvalue weighted by atomic mass is 19.1. The minimum atomic E-state index is -0.438. The standard InChI is InChI=1S/C8H6FN3/c1-2-7(9)8-5-11-6(3-10)4-12-8/h2,4-5H,1H3/b7-2-. The van der Waals surface area contributed by atoms with Gasteiger partial charge in [0.05, 0.1) is 12.4 Å². The Morgan fingerprint density at radius 3 is 2.75 bits per heavy atom. The molecule has 0 N–H and O–H groups in total. The van der Waals surface area contributed by atoms with Crippen LogP contribution in [0.4, 0.5) is 4.39 Å². The van der Waals surface area contributed by atoms with Gasteiger partial charge in [-0.25, -0.2) is 14.4 Å². The van der Waals surface area contributed by atoms with Crippen molar-refractivity contribution in [2.24, 2.45) is 0 Å². The number of aromatic nitrogens is 2. The number of hydrogen-bond donors (Lipinski definition) is 0. The molecule has 0 aliphatic rings. The van der Waals surface area contributed by atoms with Crippen LogP contribution in [0.1, 0.15) is 18.3 Å². The molecule has 0 fully saturated rings. The Morgan fingerprint density at radius 1 is 1.58 bits per heavy atom. The number of nitriles is 1. The van der Waals surface area contributed by atoms with Crippen LogP contribution in [0.3, 0.4) is 0 Å². The van der Waals surface area contributed by atoms with Gasteiger partial charge in [-0.3, -0.25) is 0 Å². The van der Waals surface area contributed by atoms with E-state index >= 15 is 0 Å². The maximum Gasteiger partial charge on any atom is 0.158 e. The van der Waals surface area contributed by atoms with E-state index in [4.69, 9.17) is 5.26 Å². The summed E-state index contributed by atoms with van der Waals surface area (Å²) in [6.07, 6.45) is 3.75. The molecule has 0 radical (unpaired) electrons. The summed E-state index contributed by atoms with van der Waals surface area (Å²) in [5.74, 6) is -0.438. The van der Waals surface area contributed by atoms with Crippen molar-refractivity contribution in [1.82, 2.24) is 9.97 Å². The Hall–Kier alpha value is -1.76. The quantitative estimate of drug-likeness (QED) is 0.632. The first-order valence-corrected chi connectivity index (χ1v) is 3.32. The fourth-order valence-electron chi connectivity index (χ4n) is 0.657. The van der Waals surface area contributed by atoms with Crippen LogP contribution >= 0.6 is 0 Å². The Bertz CT molecular complexity index is 334. The van der Waals surface area contributed by atoms with Gasteiger partial charge >= 0.3 is 0 Å². The molecular weight excluding hydrogens is 157 g/mol. The number of hydrogen-bond acceptors (Lipinski definition) is 3. The molecule has 0 saturated carbocycles. The molecule has 0 aromatic carbocycles. The van der Waals surface area contributed by atoms with E-state index in [-0.39, 0.29) is 11.4 Å². The van der Waals surface area contributed by atoms with Crippen molar-refractivity contribution in [3.8, 4) is 6.07 Å². The molecule has 0 atom stereocenters. The highest BCUT2D eigenvalue weighted by Gasteiger charge is 2.00. The van der Waals surface area contributed by atoms with Crippen molar-refractivity contribution < 1.29 is 4.39 Å². The fourth-order valence-corrected chi connectivity index (χ4v) is 0.657. The van der Waals surface area contributed by atoms with Crippen LogP contribution in [-0.4, -0.2) is 9.97 Å². The first-order valence-electron chi connectivity index (χ1n) is 3.32. The van der Waals surface area contributed by atoms with Crippen LogP contribution in [-0.2, 0) is 0 Å². The maximum atomic E-state index is 12.8. The smallest absolute Gasteiger partial charge is 0.158 e.